The van der Waals surface area contributed by atoms with E-state index in [1.165, 1.54) is 5.56 Å². The van der Waals surface area contributed by atoms with E-state index < -0.39 is 5.63 Å². The van der Waals surface area contributed by atoms with E-state index in [4.69, 9.17) is 4.42 Å². The number of piperazine rings is 1. The van der Waals surface area contributed by atoms with E-state index in [1.807, 2.05) is 12.1 Å². The molecule has 0 radical (unpaired) electrons. The Kier molecular flexibility index (Phi) is 4.38. The predicted molar refractivity (Wildman–Crippen MR) is 98.0 cm³/mol. The van der Waals surface area contributed by atoms with Gasteiger partial charge in [-0.3, -0.25) is 9.69 Å². The van der Waals surface area contributed by atoms with Crippen LogP contribution in [0.2, 0.25) is 0 Å². The molecular formula is C19H18N2O3S. The van der Waals surface area contributed by atoms with Gasteiger partial charge in [0, 0.05) is 38.1 Å². The quantitative estimate of drug-likeness (QED) is 0.679. The summed E-state index contributed by atoms with van der Waals surface area (Å²) in [5.41, 5.74) is 1.36. The van der Waals surface area contributed by atoms with Gasteiger partial charge in [0.1, 0.15) is 11.1 Å². The molecule has 1 aliphatic heterocycles. The molecule has 0 aliphatic carbocycles. The van der Waals surface area contributed by atoms with Gasteiger partial charge >= 0.3 is 5.63 Å². The zero-order valence-electron chi connectivity index (χ0n) is 13.7. The molecule has 1 aliphatic rings. The molecule has 0 saturated carbocycles. The summed E-state index contributed by atoms with van der Waals surface area (Å²) in [5, 5.41) is 4.99. The van der Waals surface area contributed by atoms with Gasteiger partial charge in [-0.1, -0.05) is 18.2 Å². The van der Waals surface area contributed by atoms with Gasteiger partial charge in [-0.25, -0.2) is 4.79 Å². The van der Waals surface area contributed by atoms with Crippen LogP contribution in [-0.2, 0) is 6.54 Å². The molecule has 0 atom stereocenters. The van der Waals surface area contributed by atoms with Gasteiger partial charge in [0.05, 0.1) is 0 Å². The van der Waals surface area contributed by atoms with Gasteiger partial charge in [-0.05, 0) is 34.5 Å². The van der Waals surface area contributed by atoms with Crippen LogP contribution in [0.1, 0.15) is 15.9 Å². The number of benzene rings is 1. The smallest absolute Gasteiger partial charge is 0.349 e. The number of rotatable bonds is 3. The minimum absolute atomic E-state index is 0.116. The minimum atomic E-state index is -0.565. The van der Waals surface area contributed by atoms with E-state index in [2.05, 4.69) is 21.7 Å². The second kappa shape index (κ2) is 6.82. The van der Waals surface area contributed by atoms with Crippen LogP contribution in [0.25, 0.3) is 11.0 Å². The Morgan fingerprint density at radius 1 is 1.12 bits per heavy atom. The van der Waals surface area contributed by atoms with E-state index in [-0.39, 0.29) is 11.5 Å². The molecule has 5 nitrogen and oxygen atoms in total. The summed E-state index contributed by atoms with van der Waals surface area (Å²) in [6.45, 7) is 3.76. The summed E-state index contributed by atoms with van der Waals surface area (Å²) in [6, 6.07) is 11.0. The summed E-state index contributed by atoms with van der Waals surface area (Å²) in [4.78, 5) is 29.0. The maximum atomic E-state index is 12.7. The fourth-order valence-corrected chi connectivity index (χ4v) is 3.79. The van der Waals surface area contributed by atoms with Crippen molar-refractivity contribution in [1.82, 2.24) is 9.80 Å². The molecule has 128 valence electrons. The number of nitrogens with zero attached hydrogens (tertiary/aromatic N) is 2. The first-order valence-electron chi connectivity index (χ1n) is 8.26. The molecule has 3 heterocycles. The van der Waals surface area contributed by atoms with Crippen LogP contribution in [0.4, 0.5) is 0 Å². The van der Waals surface area contributed by atoms with Crippen molar-refractivity contribution in [2.45, 2.75) is 6.54 Å². The van der Waals surface area contributed by atoms with Crippen LogP contribution in [0.5, 0.6) is 0 Å². The van der Waals surface area contributed by atoms with E-state index in [0.29, 0.717) is 18.7 Å². The van der Waals surface area contributed by atoms with Gasteiger partial charge in [0.15, 0.2) is 0 Å². The molecule has 0 unspecified atom stereocenters. The van der Waals surface area contributed by atoms with Crippen LogP contribution in [0, 0.1) is 0 Å². The Bertz CT molecular complexity index is 941. The van der Waals surface area contributed by atoms with E-state index in [9.17, 15) is 9.59 Å². The van der Waals surface area contributed by atoms with Crippen molar-refractivity contribution in [3.05, 3.63) is 68.7 Å². The Morgan fingerprint density at radius 2 is 1.92 bits per heavy atom. The summed E-state index contributed by atoms with van der Waals surface area (Å²) < 4.78 is 5.28. The van der Waals surface area contributed by atoms with Gasteiger partial charge in [0.25, 0.3) is 5.91 Å². The fourth-order valence-electron chi connectivity index (χ4n) is 3.13. The van der Waals surface area contributed by atoms with Gasteiger partial charge in [-0.2, -0.15) is 11.3 Å². The van der Waals surface area contributed by atoms with Crippen LogP contribution in [0.15, 0.2) is 56.4 Å². The highest BCUT2D eigenvalue weighted by Crippen LogP contribution is 2.16. The monoisotopic (exact) mass is 354 g/mol. The molecule has 4 rings (SSSR count). The Labute approximate surface area is 149 Å². The highest BCUT2D eigenvalue weighted by atomic mass is 32.1. The maximum absolute atomic E-state index is 12.7. The third-order valence-corrected chi connectivity index (χ3v) is 5.25. The molecule has 1 amide bonds. The molecule has 0 bridgehead atoms. The summed E-state index contributed by atoms with van der Waals surface area (Å²) in [7, 11) is 0. The average Bonchev–Trinajstić information content (AvgIpc) is 3.14. The molecule has 3 aromatic rings. The summed E-state index contributed by atoms with van der Waals surface area (Å²) in [5.74, 6) is -0.241. The first kappa shape index (κ1) is 16.1. The lowest BCUT2D eigenvalue weighted by molar-refractivity contribution is 0.0624. The van der Waals surface area contributed by atoms with Gasteiger partial charge < -0.3 is 9.32 Å². The van der Waals surface area contributed by atoms with Crippen molar-refractivity contribution in [3.8, 4) is 0 Å². The van der Waals surface area contributed by atoms with E-state index >= 15 is 0 Å². The molecule has 25 heavy (non-hydrogen) atoms. The van der Waals surface area contributed by atoms with Crippen molar-refractivity contribution in [3.63, 3.8) is 0 Å². The molecule has 0 N–H and O–H groups in total. The Morgan fingerprint density at radius 3 is 2.68 bits per heavy atom. The first-order chi connectivity index (χ1) is 12.2. The van der Waals surface area contributed by atoms with Gasteiger partial charge in [-0.15, -0.1) is 0 Å². The van der Waals surface area contributed by atoms with Crippen molar-refractivity contribution >= 4 is 28.2 Å². The number of hydrogen-bond acceptors (Lipinski definition) is 5. The van der Waals surface area contributed by atoms with Crippen LogP contribution in [-0.4, -0.2) is 41.9 Å². The number of amides is 1. The first-order valence-corrected chi connectivity index (χ1v) is 9.20. The van der Waals surface area contributed by atoms with Crippen LogP contribution < -0.4 is 5.63 Å². The zero-order valence-corrected chi connectivity index (χ0v) is 14.5. The Balaban J connectivity index is 1.47. The average molecular weight is 354 g/mol. The second-order valence-corrected chi connectivity index (χ2v) is 6.97. The van der Waals surface area contributed by atoms with Crippen LogP contribution >= 0.6 is 11.3 Å². The lowest BCUT2D eigenvalue weighted by atomic mass is 10.1. The van der Waals surface area contributed by atoms with Gasteiger partial charge in [0.2, 0.25) is 0 Å². The summed E-state index contributed by atoms with van der Waals surface area (Å²) >= 11 is 1.70. The minimum Gasteiger partial charge on any atom is -0.422 e. The highest BCUT2D eigenvalue weighted by Gasteiger charge is 2.24. The third kappa shape index (κ3) is 3.36. The lowest BCUT2D eigenvalue weighted by Gasteiger charge is -2.34. The standard InChI is InChI=1S/C19H18N2O3S/c22-18(16-11-15-3-1-2-4-17(15)24-19(16)23)21-8-6-20(7-9-21)12-14-5-10-25-13-14/h1-5,10-11,13H,6-9,12H2. The summed E-state index contributed by atoms with van der Waals surface area (Å²) in [6.07, 6.45) is 0. The fraction of sp³-hybridized carbons (Fsp3) is 0.263. The SMILES string of the molecule is O=C(c1cc2ccccc2oc1=O)N1CCN(Cc2ccsc2)CC1. The van der Waals surface area contributed by atoms with E-state index in [1.54, 1.807) is 34.4 Å². The number of hydrogen-bond donors (Lipinski definition) is 0. The zero-order chi connectivity index (χ0) is 17.2. The molecule has 1 fully saturated rings. The van der Waals surface area contributed by atoms with Crippen LogP contribution in [0.3, 0.4) is 0 Å². The Hall–Kier alpha value is -2.44. The largest absolute Gasteiger partial charge is 0.422 e. The molecule has 1 saturated heterocycles. The third-order valence-electron chi connectivity index (χ3n) is 4.52. The normalized spacial score (nSPS) is 15.6. The second-order valence-electron chi connectivity index (χ2n) is 6.19. The highest BCUT2D eigenvalue weighted by molar-refractivity contribution is 7.07. The molecule has 6 heteroatoms. The maximum Gasteiger partial charge on any atom is 0.349 e. The number of thiophene rings is 1. The molecule has 0 spiro atoms. The van der Waals surface area contributed by atoms with Crippen molar-refractivity contribution in [2.24, 2.45) is 0 Å². The van der Waals surface area contributed by atoms with Crippen molar-refractivity contribution < 1.29 is 9.21 Å². The predicted octanol–water partition coefficient (Wildman–Crippen LogP) is 2.81. The van der Waals surface area contributed by atoms with Crippen molar-refractivity contribution in [1.29, 1.82) is 0 Å². The lowest BCUT2D eigenvalue weighted by Crippen LogP contribution is -2.49. The number of fused-ring (bicyclic) bond motifs is 1. The molecular weight excluding hydrogens is 336 g/mol. The number of carbonyl (C=O) groups is 1. The van der Waals surface area contributed by atoms with Crippen molar-refractivity contribution in [2.75, 3.05) is 26.2 Å². The van der Waals surface area contributed by atoms with E-state index in [0.717, 1.165) is 25.0 Å². The molecule has 1 aromatic carbocycles. The number of para-hydroxylation sites is 1. The topological polar surface area (TPSA) is 53.8 Å². The number of carbonyl (C=O) groups excluding carboxylic acids is 1. The molecule has 2 aromatic heterocycles.